The van der Waals surface area contributed by atoms with E-state index in [2.05, 4.69) is 20.4 Å². The third kappa shape index (κ3) is 4.47. The van der Waals surface area contributed by atoms with Crippen LogP contribution in [0, 0.1) is 13.8 Å². The topological polar surface area (TPSA) is 117 Å². The Morgan fingerprint density at radius 1 is 1.25 bits per heavy atom. The number of hydrogen-bond acceptors (Lipinski definition) is 9. The van der Waals surface area contributed by atoms with E-state index in [4.69, 9.17) is 14.2 Å². The van der Waals surface area contributed by atoms with Crippen molar-refractivity contribution >= 4 is 29.4 Å². The standard InChI is InChI=1S/C21H23N5O5S/c1-11(14-5-6-16-17(7-14)31-10-30-16)22-18(27)9-29-19(28)8-15-12(2)23-20-24-21(32-4)25-26(20)13(15)3/h5-7,11H,8-10H2,1-4H3,(H,22,27). The van der Waals surface area contributed by atoms with Gasteiger partial charge in [0.25, 0.3) is 11.7 Å². The molecule has 1 aliphatic rings. The van der Waals surface area contributed by atoms with Crippen LogP contribution in [0.25, 0.3) is 5.78 Å². The number of ether oxygens (including phenoxy) is 3. The van der Waals surface area contributed by atoms with Crippen molar-refractivity contribution in [2.45, 2.75) is 38.4 Å². The second kappa shape index (κ2) is 9.03. The molecule has 1 aliphatic heterocycles. The first kappa shape index (κ1) is 21.9. The van der Waals surface area contributed by atoms with Crippen molar-refractivity contribution in [3.63, 3.8) is 0 Å². The Bertz CT molecular complexity index is 1200. The number of carbonyl (C=O) groups excluding carboxylic acids is 2. The molecule has 3 aromatic rings. The maximum absolute atomic E-state index is 12.4. The fourth-order valence-electron chi connectivity index (χ4n) is 3.42. The molecule has 168 valence electrons. The van der Waals surface area contributed by atoms with Crippen LogP contribution in [0.1, 0.15) is 35.5 Å². The van der Waals surface area contributed by atoms with E-state index in [-0.39, 0.29) is 25.9 Å². The van der Waals surface area contributed by atoms with Crippen molar-refractivity contribution in [3.05, 3.63) is 40.7 Å². The van der Waals surface area contributed by atoms with E-state index in [1.165, 1.54) is 11.8 Å². The van der Waals surface area contributed by atoms with E-state index < -0.39 is 11.9 Å². The minimum absolute atomic E-state index is 0.0138. The van der Waals surface area contributed by atoms with E-state index in [0.717, 1.165) is 11.3 Å². The molecule has 1 aromatic carbocycles. The molecule has 0 saturated heterocycles. The molecule has 32 heavy (non-hydrogen) atoms. The van der Waals surface area contributed by atoms with Gasteiger partial charge in [0.05, 0.1) is 12.5 Å². The Balaban J connectivity index is 1.34. The van der Waals surface area contributed by atoms with Crippen molar-refractivity contribution in [1.82, 2.24) is 24.9 Å². The zero-order valence-electron chi connectivity index (χ0n) is 18.2. The van der Waals surface area contributed by atoms with Gasteiger partial charge in [0.2, 0.25) is 11.9 Å². The molecule has 1 N–H and O–H groups in total. The summed E-state index contributed by atoms with van der Waals surface area (Å²) in [4.78, 5) is 33.4. The van der Waals surface area contributed by atoms with Crippen molar-refractivity contribution in [2.75, 3.05) is 19.7 Å². The summed E-state index contributed by atoms with van der Waals surface area (Å²) in [5, 5.41) is 7.79. The lowest BCUT2D eigenvalue weighted by Crippen LogP contribution is -2.31. The molecular formula is C21H23N5O5S. The molecule has 0 bridgehead atoms. The molecule has 1 atom stereocenters. The number of aromatic nitrogens is 4. The summed E-state index contributed by atoms with van der Waals surface area (Å²) in [7, 11) is 0. The van der Waals surface area contributed by atoms with E-state index in [9.17, 15) is 9.59 Å². The van der Waals surface area contributed by atoms with Crippen LogP contribution in [0.4, 0.5) is 0 Å². The second-order valence-electron chi connectivity index (χ2n) is 7.31. The van der Waals surface area contributed by atoms with Gasteiger partial charge in [-0.3, -0.25) is 9.59 Å². The van der Waals surface area contributed by atoms with E-state index >= 15 is 0 Å². The zero-order valence-corrected chi connectivity index (χ0v) is 19.0. The van der Waals surface area contributed by atoms with Crippen molar-refractivity contribution < 1.29 is 23.8 Å². The van der Waals surface area contributed by atoms with Gasteiger partial charge in [0.15, 0.2) is 18.1 Å². The fraction of sp³-hybridized carbons (Fsp3) is 0.381. The van der Waals surface area contributed by atoms with Gasteiger partial charge in [-0.1, -0.05) is 17.8 Å². The van der Waals surface area contributed by atoms with Crippen LogP contribution >= 0.6 is 11.8 Å². The third-order valence-electron chi connectivity index (χ3n) is 5.17. The van der Waals surface area contributed by atoms with E-state index in [1.54, 1.807) is 10.6 Å². The van der Waals surface area contributed by atoms with Crippen molar-refractivity contribution in [3.8, 4) is 11.5 Å². The highest BCUT2D eigenvalue weighted by Crippen LogP contribution is 2.34. The van der Waals surface area contributed by atoms with Gasteiger partial charge in [0.1, 0.15) is 0 Å². The van der Waals surface area contributed by atoms with Gasteiger partial charge in [-0.15, -0.1) is 5.10 Å². The van der Waals surface area contributed by atoms with Crippen LogP contribution < -0.4 is 14.8 Å². The number of amides is 1. The molecule has 0 radical (unpaired) electrons. The highest BCUT2D eigenvalue weighted by atomic mass is 32.2. The molecule has 4 rings (SSSR count). The van der Waals surface area contributed by atoms with Crippen LogP contribution in [0.3, 0.4) is 0 Å². The number of fused-ring (bicyclic) bond motifs is 2. The quantitative estimate of drug-likeness (QED) is 0.421. The summed E-state index contributed by atoms with van der Waals surface area (Å²) < 4.78 is 17.5. The lowest BCUT2D eigenvalue weighted by atomic mass is 10.1. The molecule has 1 unspecified atom stereocenters. The van der Waals surface area contributed by atoms with Gasteiger partial charge < -0.3 is 19.5 Å². The Morgan fingerprint density at radius 2 is 2.03 bits per heavy atom. The van der Waals surface area contributed by atoms with Gasteiger partial charge in [-0.25, -0.2) is 9.50 Å². The fourth-order valence-corrected chi connectivity index (χ4v) is 3.76. The lowest BCUT2D eigenvalue weighted by Gasteiger charge is -2.15. The highest BCUT2D eigenvalue weighted by Gasteiger charge is 2.19. The molecule has 0 saturated carbocycles. The van der Waals surface area contributed by atoms with Crippen LogP contribution in [-0.2, 0) is 20.7 Å². The number of hydrogen-bond donors (Lipinski definition) is 1. The average molecular weight is 458 g/mol. The number of benzene rings is 1. The summed E-state index contributed by atoms with van der Waals surface area (Å²) in [6, 6.07) is 5.18. The summed E-state index contributed by atoms with van der Waals surface area (Å²) in [5.41, 5.74) is 3.00. The van der Waals surface area contributed by atoms with Gasteiger partial charge in [0, 0.05) is 17.0 Å². The Labute approximate surface area is 188 Å². The summed E-state index contributed by atoms with van der Waals surface area (Å²) in [6.45, 7) is 5.31. The Hall–Kier alpha value is -3.34. The number of nitrogens with one attached hydrogen (secondary N) is 1. The SMILES string of the molecule is CSc1nc2nc(C)c(CC(=O)OCC(=O)NC(C)c3ccc4c(c3)OCO4)c(C)n2n1. The summed E-state index contributed by atoms with van der Waals surface area (Å²) in [5.74, 6) is 0.886. The van der Waals surface area contributed by atoms with Gasteiger partial charge >= 0.3 is 5.97 Å². The predicted molar refractivity (Wildman–Crippen MR) is 116 cm³/mol. The number of aryl methyl sites for hydroxylation is 2. The normalized spacial score (nSPS) is 13.2. The maximum Gasteiger partial charge on any atom is 0.310 e. The Morgan fingerprint density at radius 3 is 2.81 bits per heavy atom. The first-order chi connectivity index (χ1) is 15.4. The monoisotopic (exact) mass is 457 g/mol. The molecule has 0 aliphatic carbocycles. The smallest absolute Gasteiger partial charge is 0.310 e. The average Bonchev–Trinajstić information content (AvgIpc) is 3.41. The molecular weight excluding hydrogens is 434 g/mol. The first-order valence-electron chi connectivity index (χ1n) is 9.97. The molecule has 3 heterocycles. The van der Waals surface area contributed by atoms with Crippen LogP contribution in [-0.4, -0.2) is 51.1 Å². The van der Waals surface area contributed by atoms with E-state index in [1.807, 2.05) is 39.2 Å². The predicted octanol–water partition coefficient (Wildman–Crippen LogP) is 2.15. The van der Waals surface area contributed by atoms with Crippen LogP contribution in [0.15, 0.2) is 23.4 Å². The summed E-state index contributed by atoms with van der Waals surface area (Å²) >= 11 is 1.42. The van der Waals surface area contributed by atoms with Crippen LogP contribution in [0.5, 0.6) is 11.5 Å². The van der Waals surface area contributed by atoms with Gasteiger partial charge in [-0.2, -0.15) is 4.98 Å². The number of carbonyl (C=O) groups is 2. The zero-order chi connectivity index (χ0) is 22.8. The number of rotatable bonds is 7. The first-order valence-corrected chi connectivity index (χ1v) is 11.2. The van der Waals surface area contributed by atoms with Crippen molar-refractivity contribution in [1.29, 1.82) is 0 Å². The Kier molecular flexibility index (Phi) is 6.17. The minimum Gasteiger partial charge on any atom is -0.455 e. The molecule has 11 heteroatoms. The minimum atomic E-state index is -0.520. The molecule has 0 spiro atoms. The summed E-state index contributed by atoms with van der Waals surface area (Å²) in [6.07, 6.45) is 1.87. The van der Waals surface area contributed by atoms with E-state index in [0.29, 0.717) is 33.7 Å². The molecule has 10 nitrogen and oxygen atoms in total. The number of esters is 1. The number of thioether (sulfide) groups is 1. The molecule has 0 fully saturated rings. The molecule has 2 aromatic heterocycles. The van der Waals surface area contributed by atoms with Crippen molar-refractivity contribution in [2.24, 2.45) is 0 Å². The maximum atomic E-state index is 12.4. The second-order valence-corrected chi connectivity index (χ2v) is 8.08. The third-order valence-corrected chi connectivity index (χ3v) is 5.71. The molecule has 1 amide bonds. The largest absolute Gasteiger partial charge is 0.455 e. The highest BCUT2D eigenvalue weighted by molar-refractivity contribution is 7.98. The number of nitrogens with zero attached hydrogens (tertiary/aromatic N) is 4. The lowest BCUT2D eigenvalue weighted by molar-refractivity contribution is -0.148. The van der Waals surface area contributed by atoms with Crippen LogP contribution in [0.2, 0.25) is 0 Å². The van der Waals surface area contributed by atoms with Gasteiger partial charge in [-0.05, 0) is 44.7 Å².